The summed E-state index contributed by atoms with van der Waals surface area (Å²) in [6.45, 7) is 11.6. The molecule has 9 nitrogen and oxygen atoms in total. The summed E-state index contributed by atoms with van der Waals surface area (Å²) in [6, 6.07) is 8.02. The van der Waals surface area contributed by atoms with E-state index in [4.69, 9.17) is 27.8 Å². The van der Waals surface area contributed by atoms with E-state index in [0.717, 1.165) is 45.3 Å². The third-order valence-corrected chi connectivity index (χ3v) is 8.44. The minimum atomic E-state index is -0.501. The molecule has 2 unspecified atom stereocenters. The van der Waals surface area contributed by atoms with Gasteiger partial charge < -0.3 is 37.1 Å². The summed E-state index contributed by atoms with van der Waals surface area (Å²) in [7, 11) is 2.13. The van der Waals surface area contributed by atoms with Crippen LogP contribution in [-0.4, -0.2) is 66.5 Å². The molecule has 1 saturated carbocycles. The number of amides is 1. The molecule has 0 saturated heterocycles. The lowest BCUT2D eigenvalue weighted by Gasteiger charge is -2.19. The molecule has 3 rings (SSSR count). The van der Waals surface area contributed by atoms with E-state index in [0.29, 0.717) is 45.7 Å². The van der Waals surface area contributed by atoms with Gasteiger partial charge in [-0.15, -0.1) is 11.8 Å². The van der Waals surface area contributed by atoms with Crippen LogP contribution in [-0.2, 0) is 9.53 Å². The van der Waals surface area contributed by atoms with Crippen LogP contribution in [0.5, 0.6) is 0 Å². The third kappa shape index (κ3) is 12.8. The van der Waals surface area contributed by atoms with Crippen LogP contribution in [0.2, 0.25) is 5.02 Å². The lowest BCUT2D eigenvalue weighted by atomic mass is 10.1. The molecule has 0 spiro atoms. The van der Waals surface area contributed by atoms with Crippen molar-refractivity contribution in [2.75, 3.05) is 49.7 Å². The largest absolute Gasteiger partial charge is 0.398 e. The van der Waals surface area contributed by atoms with Crippen LogP contribution in [0.4, 0.5) is 15.9 Å². The number of hydrogen-bond acceptors (Lipinski definition) is 9. The maximum atomic E-state index is 14.6. The second-order valence-corrected chi connectivity index (χ2v) is 13.9. The van der Waals surface area contributed by atoms with Crippen molar-refractivity contribution in [3.05, 3.63) is 69.7 Å². The van der Waals surface area contributed by atoms with Gasteiger partial charge in [0.25, 0.3) is 0 Å². The Hall–Kier alpha value is -2.83. The number of allylic oxidation sites excluding steroid dienone is 1. The first-order chi connectivity index (χ1) is 21.3. The molecule has 1 aromatic carbocycles. The number of ether oxygens (including phenoxy) is 1. The minimum absolute atomic E-state index is 0.0442. The lowest BCUT2D eigenvalue weighted by Crippen LogP contribution is -2.35. The average Bonchev–Trinajstić information content (AvgIpc) is 3.45. The van der Waals surface area contributed by atoms with Gasteiger partial charge >= 0.3 is 0 Å². The van der Waals surface area contributed by atoms with E-state index >= 15 is 0 Å². The summed E-state index contributed by atoms with van der Waals surface area (Å²) in [5, 5.41) is 10.7. The fourth-order valence-electron chi connectivity index (χ4n) is 5.02. The highest BCUT2D eigenvalue weighted by Crippen LogP contribution is 2.28. The third-order valence-electron chi connectivity index (χ3n) is 7.31. The van der Waals surface area contributed by atoms with Gasteiger partial charge in [0.15, 0.2) is 0 Å². The standard InChI is InChI=1S/C33H49ClFN7O2S/c1-6-14-42(5)15-13-38-24-9-7-22(18-24)32(43)41-30-20-25(11-12-39-30)40-29(31(37)45-17-16-44-33(2,3)4)21-28(36)26-19-23(34)8-10-27(26)35/h8,10-12,19-22,24,38H,6-7,9,13-18,36-37H2,1-5H3,(H2,39,40,41,43)/b28-21-,31-29-. The molecule has 1 aromatic heterocycles. The molecule has 0 radical (unpaired) electrons. The van der Waals surface area contributed by atoms with Gasteiger partial charge in [-0.3, -0.25) is 4.79 Å². The maximum absolute atomic E-state index is 14.6. The number of thioether (sulfide) groups is 1. The smallest absolute Gasteiger partial charge is 0.228 e. The van der Waals surface area contributed by atoms with Crippen LogP contribution in [0.1, 0.15) is 58.9 Å². The van der Waals surface area contributed by atoms with Gasteiger partial charge in [0.1, 0.15) is 11.6 Å². The van der Waals surface area contributed by atoms with Crippen molar-refractivity contribution in [2.45, 2.75) is 65.0 Å². The molecule has 1 aliphatic carbocycles. The number of nitrogens with two attached hydrogens (primary N) is 2. The number of anilines is 2. The van der Waals surface area contributed by atoms with Crippen molar-refractivity contribution in [2.24, 2.45) is 17.4 Å². The molecule has 1 heterocycles. The molecule has 248 valence electrons. The SMILES string of the molecule is CCCN(C)CCNC1CCC(C(=O)Nc2cc(NC(/C=C(\N)c3cc(Cl)ccc3F)=C(/N)SCCOC(C)(C)C)ccn2)C1. The Balaban J connectivity index is 1.69. The van der Waals surface area contributed by atoms with E-state index < -0.39 is 5.82 Å². The molecule has 2 aromatic rings. The van der Waals surface area contributed by atoms with Crippen LogP contribution < -0.4 is 27.4 Å². The van der Waals surface area contributed by atoms with Crippen LogP contribution >= 0.6 is 23.4 Å². The Morgan fingerprint density at radius 2 is 1.98 bits per heavy atom. The summed E-state index contributed by atoms with van der Waals surface area (Å²) in [5.74, 6) is 0.390. The van der Waals surface area contributed by atoms with Crippen molar-refractivity contribution in [3.8, 4) is 0 Å². The molecule has 2 atom stereocenters. The van der Waals surface area contributed by atoms with Gasteiger partial charge in [-0.25, -0.2) is 9.37 Å². The number of nitrogens with zero attached hydrogens (tertiary/aromatic N) is 2. The zero-order valence-electron chi connectivity index (χ0n) is 27.1. The van der Waals surface area contributed by atoms with Crippen LogP contribution in [0.25, 0.3) is 5.70 Å². The second-order valence-electron chi connectivity index (χ2n) is 12.3. The summed E-state index contributed by atoms with van der Waals surface area (Å²) >= 11 is 7.49. The van der Waals surface area contributed by atoms with E-state index in [1.165, 1.54) is 30.0 Å². The average molecular weight is 662 g/mol. The Morgan fingerprint density at radius 3 is 2.71 bits per heavy atom. The number of nitrogens with one attached hydrogen (secondary N) is 3. The number of hydrogen-bond donors (Lipinski definition) is 5. The Kier molecular flexibility index (Phi) is 14.5. The minimum Gasteiger partial charge on any atom is -0.398 e. The number of carbonyl (C=O) groups excluding carboxylic acids is 1. The summed E-state index contributed by atoms with van der Waals surface area (Å²) < 4.78 is 20.4. The van der Waals surface area contributed by atoms with E-state index in [2.05, 4.69) is 39.8 Å². The molecule has 0 bridgehead atoms. The lowest BCUT2D eigenvalue weighted by molar-refractivity contribution is -0.119. The van der Waals surface area contributed by atoms with Gasteiger partial charge in [-0.05, 0) is 90.4 Å². The molecule has 45 heavy (non-hydrogen) atoms. The van der Waals surface area contributed by atoms with Gasteiger partial charge in [0, 0.05) is 65.0 Å². The number of likely N-dealkylation sites (N-methyl/N-ethyl adjacent to an activating group) is 1. The van der Waals surface area contributed by atoms with Crippen molar-refractivity contribution in [1.82, 2.24) is 15.2 Å². The number of carbonyl (C=O) groups is 1. The topological polar surface area (TPSA) is 131 Å². The number of rotatable bonds is 16. The summed E-state index contributed by atoms with van der Waals surface area (Å²) in [4.78, 5) is 19.8. The van der Waals surface area contributed by atoms with Crippen molar-refractivity contribution in [3.63, 3.8) is 0 Å². The van der Waals surface area contributed by atoms with Gasteiger partial charge in [-0.2, -0.15) is 0 Å². The fraction of sp³-hybridized carbons (Fsp3) is 0.515. The van der Waals surface area contributed by atoms with Crippen molar-refractivity contribution < 1.29 is 13.9 Å². The molecular formula is C33H49ClFN7O2S. The fourth-order valence-corrected chi connectivity index (χ4v) is 5.84. The van der Waals surface area contributed by atoms with Gasteiger partial charge in [0.05, 0.1) is 22.9 Å². The first kappa shape index (κ1) is 36.6. The zero-order valence-corrected chi connectivity index (χ0v) is 28.7. The Bertz CT molecular complexity index is 1330. The first-order valence-electron chi connectivity index (χ1n) is 15.5. The Morgan fingerprint density at radius 1 is 1.20 bits per heavy atom. The normalized spacial score (nSPS) is 17.8. The van der Waals surface area contributed by atoms with Crippen LogP contribution in [0.3, 0.4) is 0 Å². The highest BCUT2D eigenvalue weighted by molar-refractivity contribution is 8.03. The Labute approximate surface area is 276 Å². The molecule has 7 N–H and O–H groups in total. The number of halogens is 2. The molecule has 1 amide bonds. The van der Waals surface area contributed by atoms with E-state index in [-0.39, 0.29) is 28.7 Å². The molecule has 1 fully saturated rings. The highest BCUT2D eigenvalue weighted by Gasteiger charge is 2.29. The molecule has 0 aliphatic heterocycles. The molecule has 1 aliphatic rings. The van der Waals surface area contributed by atoms with E-state index in [1.807, 2.05) is 20.8 Å². The monoisotopic (exact) mass is 661 g/mol. The van der Waals surface area contributed by atoms with Crippen molar-refractivity contribution in [1.29, 1.82) is 0 Å². The van der Waals surface area contributed by atoms with Crippen LogP contribution in [0.15, 0.2) is 53.3 Å². The zero-order chi connectivity index (χ0) is 33.0. The van der Waals surface area contributed by atoms with Gasteiger partial charge in [-0.1, -0.05) is 18.5 Å². The highest BCUT2D eigenvalue weighted by atomic mass is 35.5. The van der Waals surface area contributed by atoms with Crippen molar-refractivity contribution >= 4 is 46.5 Å². The summed E-state index contributed by atoms with van der Waals surface area (Å²) in [6.07, 6.45) is 6.91. The first-order valence-corrected chi connectivity index (χ1v) is 16.9. The van der Waals surface area contributed by atoms with Gasteiger partial charge in [0.2, 0.25) is 5.91 Å². The predicted octanol–water partition coefficient (Wildman–Crippen LogP) is 6.00. The van der Waals surface area contributed by atoms with E-state index in [1.54, 1.807) is 24.4 Å². The molecular weight excluding hydrogens is 613 g/mol. The predicted molar refractivity (Wildman–Crippen MR) is 186 cm³/mol. The summed E-state index contributed by atoms with van der Waals surface area (Å²) in [5.41, 5.74) is 14.0. The second kappa shape index (κ2) is 17.8. The number of aromatic nitrogens is 1. The number of benzene rings is 1. The molecule has 12 heteroatoms. The number of pyridine rings is 1. The van der Waals surface area contributed by atoms with Crippen LogP contribution in [0, 0.1) is 11.7 Å². The maximum Gasteiger partial charge on any atom is 0.228 e. The van der Waals surface area contributed by atoms with E-state index in [9.17, 15) is 9.18 Å². The quantitative estimate of drug-likeness (QED) is 0.109.